The van der Waals surface area contributed by atoms with Crippen LogP contribution < -0.4 is 10.6 Å². The summed E-state index contributed by atoms with van der Waals surface area (Å²) in [4.78, 5) is 76.0. The van der Waals surface area contributed by atoms with E-state index in [0.29, 0.717) is 32.4 Å². The molecular weight excluding hydrogens is 726 g/mol. The van der Waals surface area contributed by atoms with Crippen LogP contribution in [0.1, 0.15) is 69.9 Å². The lowest BCUT2D eigenvalue weighted by atomic mass is 9.95. The molecule has 0 radical (unpaired) electrons. The number of allylic oxidation sites excluding steroid dienone is 1. The molecule has 0 bridgehead atoms. The number of benzene rings is 2. The Hall–Kier alpha value is -5.24. The van der Waals surface area contributed by atoms with Gasteiger partial charge in [0.15, 0.2) is 0 Å². The second kappa shape index (κ2) is 16.6. The molecule has 7 rings (SSSR count). The van der Waals surface area contributed by atoms with Gasteiger partial charge in [0, 0.05) is 50.0 Å². The van der Waals surface area contributed by atoms with E-state index < -0.39 is 24.3 Å². The smallest absolute Gasteiger partial charge is 0.407 e. The van der Waals surface area contributed by atoms with Gasteiger partial charge < -0.3 is 25.0 Å². The number of ether oxygens (including phenoxy) is 2. The summed E-state index contributed by atoms with van der Waals surface area (Å²) in [5, 5.41) is 8.39. The summed E-state index contributed by atoms with van der Waals surface area (Å²) in [5.74, 6) is -0.675. The number of aliphatic imine (C=N–C) groups is 2. The van der Waals surface area contributed by atoms with Gasteiger partial charge in [-0.2, -0.15) is 0 Å². The number of carbonyl (C=O) groups excluding carboxylic acids is 5. The molecule has 14 nitrogen and oxygen atoms in total. The first-order valence-corrected chi connectivity index (χ1v) is 18.8. The topological polar surface area (TPSA) is 162 Å². The summed E-state index contributed by atoms with van der Waals surface area (Å²) in [6.07, 6.45) is 5.27. The lowest BCUT2D eigenvalue weighted by Gasteiger charge is -2.43. The number of hydrazine groups is 1. The minimum Gasteiger partial charge on any atom is -0.453 e. The molecule has 3 saturated heterocycles. The predicted octanol–water partition coefficient (Wildman–Crippen LogP) is 5.21. The molecule has 5 heterocycles. The summed E-state index contributed by atoms with van der Waals surface area (Å²) in [5.41, 5.74) is 7.86. The van der Waals surface area contributed by atoms with Crippen molar-refractivity contribution < 1.29 is 33.4 Å². The molecule has 5 aliphatic heterocycles. The number of alkyl carbamates (subject to hydrolysis) is 2. The van der Waals surface area contributed by atoms with Crippen LogP contribution >= 0.6 is 12.4 Å². The lowest BCUT2D eigenvalue weighted by molar-refractivity contribution is -0.169. The van der Waals surface area contributed by atoms with E-state index in [1.165, 1.54) is 19.2 Å². The molecule has 5 amide bonds. The average Bonchev–Trinajstić information content (AvgIpc) is 3.96. The number of rotatable bonds is 8. The fraction of sp³-hybridized carbons (Fsp3) is 0.475. The van der Waals surface area contributed by atoms with Crippen molar-refractivity contribution in [3.63, 3.8) is 0 Å². The maximum Gasteiger partial charge on any atom is 0.407 e. The van der Waals surface area contributed by atoms with Crippen LogP contribution in [0.3, 0.4) is 0 Å². The number of fused-ring (bicyclic) bond motifs is 2. The molecule has 2 N–H and O–H groups in total. The van der Waals surface area contributed by atoms with Crippen LogP contribution in [0.25, 0.3) is 16.7 Å². The molecule has 2 aromatic carbocycles. The standard InChI is InChI=1S/C40H47N7O7.ClH/c1-23(2)36(44-40(52)54-4)38(50)45-17-5-7-33(45)31-21-28(22-41-31)25-11-9-24(10-12-25)26-13-14-27-20-32(42-30(27)19-26)34-8-6-18-46-35(48)16-15-29(37(49)47(34)46)43-39(51)53-3;/h9-14,19,22-23,29,33-34,36H,5-8,15-18,20-21H2,1-4H3,(H,43,51)(H,44,52);1H/t29-,33-,34-,36-;/m0./s1. The van der Waals surface area contributed by atoms with Gasteiger partial charge in [-0.05, 0) is 71.9 Å². The maximum atomic E-state index is 13.8. The third kappa shape index (κ3) is 7.96. The van der Waals surface area contributed by atoms with Gasteiger partial charge in [-0.25, -0.2) is 14.6 Å². The number of hydrogen-bond acceptors (Lipinski definition) is 9. The number of halogens is 1. The first kappa shape index (κ1) is 39.5. The van der Waals surface area contributed by atoms with Crippen molar-refractivity contribution in [3.05, 3.63) is 59.8 Å². The fourth-order valence-electron chi connectivity index (χ4n) is 8.21. The van der Waals surface area contributed by atoms with Gasteiger partial charge in [0.05, 0.1) is 32.0 Å². The van der Waals surface area contributed by atoms with E-state index in [-0.39, 0.29) is 61.0 Å². The zero-order chi connectivity index (χ0) is 38.1. The molecule has 55 heavy (non-hydrogen) atoms. The summed E-state index contributed by atoms with van der Waals surface area (Å²) < 4.78 is 9.50. The Morgan fingerprint density at radius 2 is 1.53 bits per heavy atom. The second-order valence-corrected chi connectivity index (χ2v) is 14.8. The quantitative estimate of drug-likeness (QED) is 0.372. The normalized spacial score (nSPS) is 22.5. The van der Waals surface area contributed by atoms with Gasteiger partial charge in [-0.1, -0.05) is 50.2 Å². The Labute approximate surface area is 326 Å². The van der Waals surface area contributed by atoms with E-state index >= 15 is 0 Å². The average molecular weight is 774 g/mol. The first-order valence-electron chi connectivity index (χ1n) is 18.8. The SMILES string of the molecule is COC(=O)N[C@H]1CCC(=O)N2CCC[C@@H](C3=Nc4cc(-c5ccc(C6=CN=C([C@@H]7CCCN7C(=O)[C@@H](NC(=O)OC)C(C)C)C6)cc5)ccc4C3)N2C1=O.Cl. The third-order valence-corrected chi connectivity index (χ3v) is 11.1. The van der Waals surface area contributed by atoms with Gasteiger partial charge in [0.2, 0.25) is 11.8 Å². The van der Waals surface area contributed by atoms with E-state index in [0.717, 1.165) is 64.2 Å². The Bertz CT molecular complexity index is 1950. The molecule has 5 aliphatic rings. The van der Waals surface area contributed by atoms with E-state index in [9.17, 15) is 24.0 Å². The van der Waals surface area contributed by atoms with Gasteiger partial charge in [0.1, 0.15) is 12.1 Å². The molecular formula is C40H48ClN7O7. The zero-order valence-corrected chi connectivity index (χ0v) is 32.4. The number of carbonyl (C=O) groups is 5. The monoisotopic (exact) mass is 773 g/mol. The Morgan fingerprint density at radius 1 is 0.836 bits per heavy atom. The number of amides is 5. The van der Waals surface area contributed by atoms with Crippen LogP contribution in [0.5, 0.6) is 0 Å². The summed E-state index contributed by atoms with van der Waals surface area (Å²) >= 11 is 0. The summed E-state index contributed by atoms with van der Waals surface area (Å²) in [6.45, 7) is 4.88. The number of methoxy groups -OCH3 is 2. The highest BCUT2D eigenvalue weighted by atomic mass is 35.5. The Balaban J connectivity index is 0.00000514. The molecule has 0 aliphatic carbocycles. The molecule has 0 saturated carbocycles. The van der Waals surface area contributed by atoms with Crippen LogP contribution in [-0.2, 0) is 30.3 Å². The van der Waals surface area contributed by atoms with Gasteiger partial charge in [-0.3, -0.25) is 29.4 Å². The van der Waals surface area contributed by atoms with Crippen molar-refractivity contribution in [3.8, 4) is 11.1 Å². The number of hydrogen-bond donors (Lipinski definition) is 2. The molecule has 3 fully saturated rings. The minimum atomic E-state index is -0.856. The summed E-state index contributed by atoms with van der Waals surface area (Å²) in [7, 11) is 2.54. The molecule has 0 unspecified atom stereocenters. The van der Waals surface area contributed by atoms with Crippen LogP contribution in [0.4, 0.5) is 15.3 Å². The van der Waals surface area contributed by atoms with Crippen molar-refractivity contribution >= 4 is 65.0 Å². The van der Waals surface area contributed by atoms with E-state index in [4.69, 9.17) is 19.5 Å². The van der Waals surface area contributed by atoms with Gasteiger partial charge >= 0.3 is 12.2 Å². The van der Waals surface area contributed by atoms with Crippen LogP contribution in [0.2, 0.25) is 0 Å². The van der Waals surface area contributed by atoms with Crippen LogP contribution in [0.15, 0.2) is 58.6 Å². The lowest BCUT2D eigenvalue weighted by Crippen LogP contribution is -2.62. The molecule has 0 aromatic heterocycles. The van der Waals surface area contributed by atoms with Crippen molar-refractivity contribution in [1.82, 2.24) is 25.6 Å². The molecule has 0 spiro atoms. The summed E-state index contributed by atoms with van der Waals surface area (Å²) in [6, 6.07) is 12.5. The van der Waals surface area contributed by atoms with Crippen LogP contribution in [0, 0.1) is 5.92 Å². The van der Waals surface area contributed by atoms with E-state index in [1.807, 2.05) is 24.9 Å². The van der Waals surface area contributed by atoms with Crippen molar-refractivity contribution in [2.24, 2.45) is 15.9 Å². The van der Waals surface area contributed by atoms with Crippen molar-refractivity contribution in [2.45, 2.75) is 89.4 Å². The third-order valence-electron chi connectivity index (χ3n) is 11.1. The molecule has 4 atom stereocenters. The molecule has 15 heteroatoms. The van der Waals surface area contributed by atoms with Crippen LogP contribution in [-0.4, -0.2) is 108 Å². The Morgan fingerprint density at radius 3 is 2.25 bits per heavy atom. The Kier molecular flexibility index (Phi) is 11.9. The van der Waals surface area contributed by atoms with E-state index in [1.54, 1.807) is 5.01 Å². The predicted molar refractivity (Wildman–Crippen MR) is 209 cm³/mol. The second-order valence-electron chi connectivity index (χ2n) is 14.8. The zero-order valence-electron chi connectivity index (χ0n) is 31.6. The first-order chi connectivity index (χ1) is 26.1. The highest BCUT2D eigenvalue weighted by molar-refractivity contribution is 6.04. The molecule has 292 valence electrons. The van der Waals surface area contributed by atoms with Crippen molar-refractivity contribution in [2.75, 3.05) is 27.3 Å². The molecule has 2 aromatic rings. The largest absolute Gasteiger partial charge is 0.453 e. The highest BCUT2D eigenvalue weighted by Gasteiger charge is 2.44. The number of likely N-dealkylation sites (tertiary alicyclic amines) is 1. The van der Waals surface area contributed by atoms with Crippen molar-refractivity contribution in [1.29, 1.82) is 0 Å². The number of nitrogens with zero attached hydrogens (tertiary/aromatic N) is 5. The number of nitrogens with one attached hydrogen (secondary N) is 2. The highest BCUT2D eigenvalue weighted by Crippen LogP contribution is 2.37. The minimum absolute atomic E-state index is 0. The van der Waals surface area contributed by atoms with Gasteiger partial charge in [0.25, 0.3) is 5.91 Å². The fourth-order valence-corrected chi connectivity index (χ4v) is 8.21. The maximum absolute atomic E-state index is 13.8. The van der Waals surface area contributed by atoms with Gasteiger partial charge in [-0.15, -0.1) is 12.4 Å². The van der Waals surface area contributed by atoms with E-state index in [2.05, 4.69) is 53.1 Å².